The number of nitriles is 2. The summed E-state index contributed by atoms with van der Waals surface area (Å²) < 4.78 is 4.84. The maximum Gasteiger partial charge on any atom is 0.338 e. The van der Waals surface area contributed by atoms with Crippen LogP contribution in [0.1, 0.15) is 17.3 Å². The Hall–Kier alpha value is -2.57. The number of benzene rings is 1. The normalized spacial score (nSPS) is 8.84. The van der Waals surface area contributed by atoms with E-state index in [0.717, 1.165) is 0 Å². The molecular weight excluding hydrogens is 268 g/mol. The molecule has 0 fully saturated rings. The first kappa shape index (κ1) is 14.5. The summed E-state index contributed by atoms with van der Waals surface area (Å²) >= 11 is 5.85. The van der Waals surface area contributed by atoms with Crippen LogP contribution < -0.4 is 5.43 Å². The summed E-state index contributed by atoms with van der Waals surface area (Å²) in [5.41, 5.74) is 2.77. The molecule has 0 bridgehead atoms. The highest BCUT2D eigenvalue weighted by molar-refractivity contribution is 6.31. The summed E-state index contributed by atoms with van der Waals surface area (Å²) in [7, 11) is 0. The molecule has 0 aliphatic rings. The molecule has 0 aliphatic heterocycles. The van der Waals surface area contributed by atoms with Gasteiger partial charge in [-0.3, -0.25) is 5.43 Å². The van der Waals surface area contributed by atoms with Crippen LogP contribution >= 0.6 is 11.6 Å². The van der Waals surface area contributed by atoms with E-state index in [0.29, 0.717) is 10.7 Å². The molecule has 0 unspecified atom stereocenters. The maximum absolute atomic E-state index is 11.6. The Morgan fingerprint density at radius 1 is 1.42 bits per heavy atom. The quantitative estimate of drug-likeness (QED) is 0.517. The van der Waals surface area contributed by atoms with Gasteiger partial charge in [-0.05, 0) is 25.1 Å². The Morgan fingerprint density at radius 2 is 2.11 bits per heavy atom. The van der Waals surface area contributed by atoms with E-state index in [-0.39, 0.29) is 17.9 Å². The fraction of sp³-hybridized carbons (Fsp3) is 0.167. The third-order valence-corrected chi connectivity index (χ3v) is 2.14. The van der Waals surface area contributed by atoms with Gasteiger partial charge in [-0.2, -0.15) is 15.6 Å². The monoisotopic (exact) mass is 276 g/mol. The van der Waals surface area contributed by atoms with E-state index in [1.807, 2.05) is 0 Å². The fourth-order valence-electron chi connectivity index (χ4n) is 1.18. The highest BCUT2D eigenvalue weighted by Gasteiger charge is 2.09. The second kappa shape index (κ2) is 7.00. The molecule has 1 aromatic carbocycles. The Labute approximate surface area is 114 Å². The van der Waals surface area contributed by atoms with E-state index in [4.69, 9.17) is 26.9 Å². The average molecular weight is 277 g/mol. The number of nitrogens with one attached hydrogen (secondary N) is 1. The van der Waals surface area contributed by atoms with Crippen molar-refractivity contribution in [3.63, 3.8) is 0 Å². The number of hydrazone groups is 1. The first-order valence-corrected chi connectivity index (χ1v) is 5.60. The Morgan fingerprint density at radius 3 is 2.68 bits per heavy atom. The predicted molar refractivity (Wildman–Crippen MR) is 69.7 cm³/mol. The number of hydrogen-bond donors (Lipinski definition) is 1. The number of anilines is 1. The van der Waals surface area contributed by atoms with Crippen LogP contribution in [0.3, 0.4) is 0 Å². The van der Waals surface area contributed by atoms with E-state index in [1.54, 1.807) is 19.1 Å². The molecule has 6 nitrogen and oxygen atoms in total. The van der Waals surface area contributed by atoms with Crippen molar-refractivity contribution < 1.29 is 9.53 Å². The van der Waals surface area contributed by atoms with Crippen LogP contribution in [0, 0.1) is 22.7 Å². The van der Waals surface area contributed by atoms with Crippen molar-refractivity contribution in [3.05, 3.63) is 28.8 Å². The lowest BCUT2D eigenvalue weighted by molar-refractivity contribution is 0.0526. The summed E-state index contributed by atoms with van der Waals surface area (Å²) in [6, 6.07) is 7.60. The van der Waals surface area contributed by atoms with Crippen molar-refractivity contribution in [2.75, 3.05) is 12.0 Å². The topological polar surface area (TPSA) is 98.3 Å². The summed E-state index contributed by atoms with van der Waals surface area (Å²) in [4.78, 5) is 11.6. The smallest absolute Gasteiger partial charge is 0.338 e. The summed E-state index contributed by atoms with van der Waals surface area (Å²) in [5, 5.41) is 20.9. The highest BCUT2D eigenvalue weighted by Crippen LogP contribution is 2.19. The van der Waals surface area contributed by atoms with Gasteiger partial charge in [-0.25, -0.2) is 4.79 Å². The third-order valence-electron chi connectivity index (χ3n) is 1.92. The standard InChI is InChI=1S/C12H9ClN4O2/c1-2-19-12(18)8-3-9(13)5-10(4-8)16-17-11(6-14)7-15/h3-5,16H,2H2,1H3. The molecule has 7 heteroatoms. The molecule has 0 spiro atoms. The van der Waals surface area contributed by atoms with Gasteiger partial charge in [0, 0.05) is 5.02 Å². The molecule has 0 atom stereocenters. The molecule has 0 aliphatic carbocycles. The van der Waals surface area contributed by atoms with Crippen molar-refractivity contribution in [3.8, 4) is 12.1 Å². The van der Waals surface area contributed by atoms with Crippen molar-refractivity contribution in [2.45, 2.75) is 6.92 Å². The van der Waals surface area contributed by atoms with Crippen LogP contribution in [-0.4, -0.2) is 18.3 Å². The lowest BCUT2D eigenvalue weighted by Gasteiger charge is -2.05. The van der Waals surface area contributed by atoms with Gasteiger partial charge in [0.2, 0.25) is 5.71 Å². The van der Waals surface area contributed by atoms with Gasteiger partial charge < -0.3 is 4.74 Å². The van der Waals surface area contributed by atoms with Crippen molar-refractivity contribution in [1.82, 2.24) is 0 Å². The number of carbonyl (C=O) groups excluding carboxylic acids is 1. The van der Waals surface area contributed by atoms with Crippen LogP contribution in [-0.2, 0) is 4.74 Å². The average Bonchev–Trinajstić information content (AvgIpc) is 2.39. The van der Waals surface area contributed by atoms with Crippen molar-refractivity contribution in [1.29, 1.82) is 10.5 Å². The van der Waals surface area contributed by atoms with Gasteiger partial charge in [-0.1, -0.05) is 11.6 Å². The molecule has 1 aromatic rings. The summed E-state index contributed by atoms with van der Waals surface area (Å²) in [6.45, 7) is 1.94. The molecule has 0 saturated carbocycles. The van der Waals surface area contributed by atoms with E-state index in [2.05, 4.69) is 10.5 Å². The molecule has 0 radical (unpaired) electrons. The van der Waals surface area contributed by atoms with Gasteiger partial charge in [0.1, 0.15) is 12.1 Å². The second-order valence-corrected chi connectivity index (χ2v) is 3.68. The van der Waals surface area contributed by atoms with Gasteiger partial charge in [0.05, 0.1) is 17.9 Å². The molecule has 0 heterocycles. The first-order chi connectivity index (χ1) is 9.10. The Bertz CT molecular complexity index is 583. The number of hydrogen-bond acceptors (Lipinski definition) is 6. The van der Waals surface area contributed by atoms with Crippen LogP contribution in [0.4, 0.5) is 5.69 Å². The fourth-order valence-corrected chi connectivity index (χ4v) is 1.42. The van der Waals surface area contributed by atoms with Crippen LogP contribution in [0.2, 0.25) is 5.02 Å². The molecule has 19 heavy (non-hydrogen) atoms. The number of halogens is 1. The zero-order valence-corrected chi connectivity index (χ0v) is 10.7. The minimum absolute atomic E-state index is 0.249. The number of ether oxygens (including phenoxy) is 1. The lowest BCUT2D eigenvalue weighted by Crippen LogP contribution is -2.05. The van der Waals surface area contributed by atoms with E-state index < -0.39 is 5.97 Å². The van der Waals surface area contributed by atoms with Gasteiger partial charge >= 0.3 is 5.97 Å². The van der Waals surface area contributed by atoms with Crippen molar-refractivity contribution >= 4 is 29.0 Å². The second-order valence-electron chi connectivity index (χ2n) is 3.24. The van der Waals surface area contributed by atoms with Gasteiger partial charge in [0.15, 0.2) is 0 Å². The molecule has 0 aromatic heterocycles. The first-order valence-electron chi connectivity index (χ1n) is 5.22. The molecule has 0 amide bonds. The van der Waals surface area contributed by atoms with Crippen molar-refractivity contribution in [2.24, 2.45) is 5.10 Å². The predicted octanol–water partition coefficient (Wildman–Crippen LogP) is 2.33. The van der Waals surface area contributed by atoms with Gasteiger partial charge in [-0.15, -0.1) is 0 Å². The van der Waals surface area contributed by atoms with E-state index in [9.17, 15) is 4.79 Å². The van der Waals surface area contributed by atoms with Crippen LogP contribution in [0.25, 0.3) is 0 Å². The molecule has 1 rings (SSSR count). The molecule has 0 saturated heterocycles. The molecular formula is C12H9ClN4O2. The van der Waals surface area contributed by atoms with Crippen LogP contribution in [0.5, 0.6) is 0 Å². The lowest BCUT2D eigenvalue weighted by atomic mass is 10.2. The maximum atomic E-state index is 11.6. The minimum Gasteiger partial charge on any atom is -0.462 e. The Balaban J connectivity index is 2.98. The number of carbonyl (C=O) groups is 1. The van der Waals surface area contributed by atoms with E-state index in [1.165, 1.54) is 18.2 Å². The SMILES string of the molecule is CCOC(=O)c1cc(Cl)cc(NN=C(C#N)C#N)c1. The molecule has 96 valence electrons. The van der Waals surface area contributed by atoms with E-state index >= 15 is 0 Å². The molecule has 1 N–H and O–H groups in total. The zero-order valence-electron chi connectivity index (χ0n) is 9.98. The number of nitrogens with zero attached hydrogens (tertiary/aromatic N) is 3. The Kier molecular flexibility index (Phi) is 5.34. The number of esters is 1. The summed E-state index contributed by atoms with van der Waals surface area (Å²) in [6.07, 6.45) is 0. The zero-order chi connectivity index (χ0) is 14.3. The van der Waals surface area contributed by atoms with Crippen LogP contribution in [0.15, 0.2) is 23.3 Å². The largest absolute Gasteiger partial charge is 0.462 e. The summed E-state index contributed by atoms with van der Waals surface area (Å²) in [5.74, 6) is -0.516. The highest BCUT2D eigenvalue weighted by atomic mass is 35.5. The number of rotatable bonds is 4. The minimum atomic E-state index is -0.516. The third kappa shape index (κ3) is 4.30. The van der Waals surface area contributed by atoms with Gasteiger partial charge in [0.25, 0.3) is 0 Å².